The van der Waals surface area contributed by atoms with Crippen LogP contribution in [-0.2, 0) is 24.1 Å². The van der Waals surface area contributed by atoms with E-state index in [1.54, 1.807) is 0 Å². The third-order valence-electron chi connectivity index (χ3n) is 6.94. The lowest BCUT2D eigenvalue weighted by molar-refractivity contribution is -0.139. The van der Waals surface area contributed by atoms with Crippen LogP contribution in [0.3, 0.4) is 0 Å². The molecule has 0 amide bonds. The van der Waals surface area contributed by atoms with Crippen LogP contribution in [-0.4, -0.2) is 38.5 Å². The van der Waals surface area contributed by atoms with Crippen LogP contribution in [0.5, 0.6) is 0 Å². The van der Waals surface area contributed by atoms with Crippen molar-refractivity contribution in [1.29, 1.82) is 0 Å². The smallest absolute Gasteiger partial charge is 0.305 e. The van der Waals surface area contributed by atoms with Crippen LogP contribution in [0.4, 0.5) is 4.39 Å². The van der Waals surface area contributed by atoms with Crippen molar-refractivity contribution < 1.29 is 24.5 Å². The Balaban J connectivity index is 1.82. The lowest BCUT2D eigenvalue weighted by Gasteiger charge is -2.24. The highest BCUT2D eigenvalue weighted by Gasteiger charge is 2.26. The molecule has 2 aromatic carbocycles. The molecule has 0 radical (unpaired) electrons. The van der Waals surface area contributed by atoms with Gasteiger partial charge in [0.1, 0.15) is 5.82 Å². The van der Waals surface area contributed by atoms with Crippen molar-refractivity contribution in [3.63, 3.8) is 0 Å². The molecule has 1 aliphatic rings. The number of aliphatic carboxylic acids is 1. The maximum Gasteiger partial charge on any atom is 0.305 e. The Labute approximate surface area is 211 Å². The summed E-state index contributed by atoms with van der Waals surface area (Å²) in [7, 11) is 0. The largest absolute Gasteiger partial charge is 0.481 e. The molecule has 4 rings (SSSR count). The van der Waals surface area contributed by atoms with Gasteiger partial charge in [0.25, 0.3) is 0 Å². The number of fused-ring (bicyclic) bond motifs is 3. The van der Waals surface area contributed by atoms with Gasteiger partial charge in [0.05, 0.1) is 24.3 Å². The molecule has 0 saturated heterocycles. The molecule has 1 aromatic heterocycles. The number of nitrogens with zero attached hydrogens (tertiary/aromatic N) is 1. The number of aliphatic hydroxyl groups is 2. The molecule has 0 unspecified atom stereocenters. The van der Waals surface area contributed by atoms with Crippen molar-refractivity contribution in [2.45, 2.75) is 76.9 Å². The number of hydrogen-bond acceptors (Lipinski definition) is 4. The van der Waals surface area contributed by atoms with Crippen LogP contribution < -0.4 is 0 Å². The Morgan fingerprint density at radius 2 is 1.75 bits per heavy atom. The van der Waals surface area contributed by atoms with E-state index in [2.05, 4.69) is 32.0 Å². The average Bonchev–Trinajstić information content (AvgIpc) is 3.01. The van der Waals surface area contributed by atoms with Crippen molar-refractivity contribution in [2.75, 3.05) is 0 Å². The lowest BCUT2D eigenvalue weighted by Crippen LogP contribution is -2.21. The van der Waals surface area contributed by atoms with Crippen LogP contribution in [0.15, 0.2) is 48.5 Å². The quantitative estimate of drug-likeness (QED) is 0.358. The summed E-state index contributed by atoms with van der Waals surface area (Å²) in [4.78, 5) is 16.1. The van der Waals surface area contributed by atoms with Gasteiger partial charge in [-0.05, 0) is 84.4 Å². The summed E-state index contributed by atoms with van der Waals surface area (Å²) in [5, 5.41) is 29.5. The number of halogens is 1. The first-order chi connectivity index (χ1) is 17.2. The second-order valence-electron chi connectivity index (χ2n) is 10.0. The Morgan fingerprint density at radius 3 is 2.44 bits per heavy atom. The highest BCUT2D eigenvalue weighted by atomic mass is 19.1. The van der Waals surface area contributed by atoms with Crippen molar-refractivity contribution in [1.82, 2.24) is 4.98 Å². The maximum absolute atomic E-state index is 13.9. The zero-order valence-electron chi connectivity index (χ0n) is 20.9. The molecule has 0 fully saturated rings. The van der Waals surface area contributed by atoms with Gasteiger partial charge in [-0.25, -0.2) is 4.39 Å². The number of pyridine rings is 1. The third kappa shape index (κ3) is 5.82. The highest BCUT2D eigenvalue weighted by molar-refractivity contribution is 5.81. The van der Waals surface area contributed by atoms with Crippen molar-refractivity contribution in [3.8, 4) is 22.4 Å². The summed E-state index contributed by atoms with van der Waals surface area (Å²) < 4.78 is 13.9. The van der Waals surface area contributed by atoms with Gasteiger partial charge < -0.3 is 15.3 Å². The fourth-order valence-corrected chi connectivity index (χ4v) is 5.30. The summed E-state index contributed by atoms with van der Waals surface area (Å²) in [5.41, 5.74) is 8.49. The molecule has 0 aliphatic heterocycles. The standard InChI is InChI=1S/C30H34FNO4/c1-18(2)29-26(15-14-22(33)16-23(34)17-27(35)36)28(20-10-12-21(31)13-11-20)25-9-5-7-19-6-3-4-8-24(19)30(25)32-29/h3-4,6,8,10-13,18,22-23,33-34H,5,7,9,14-17H2,1-2H3,(H,35,36)/t22-,23-/m1/s1. The Hall–Kier alpha value is -3.09. The van der Waals surface area contributed by atoms with Gasteiger partial charge >= 0.3 is 5.97 Å². The minimum Gasteiger partial charge on any atom is -0.481 e. The summed E-state index contributed by atoms with van der Waals surface area (Å²) in [6.07, 6.45) is 1.32. The Morgan fingerprint density at radius 1 is 1.03 bits per heavy atom. The number of aliphatic hydroxyl groups excluding tert-OH is 2. The molecule has 0 bridgehead atoms. The summed E-state index contributed by atoms with van der Waals surface area (Å²) in [6, 6.07) is 14.9. The number of rotatable bonds is 9. The van der Waals surface area contributed by atoms with E-state index in [9.17, 15) is 19.4 Å². The molecule has 1 heterocycles. The molecule has 2 atom stereocenters. The molecular weight excluding hydrogens is 457 g/mol. The third-order valence-corrected chi connectivity index (χ3v) is 6.94. The molecule has 5 nitrogen and oxygen atoms in total. The number of carbonyl (C=O) groups is 1. The zero-order chi connectivity index (χ0) is 25.8. The SMILES string of the molecule is CC(C)c1nc2c(c(-c3ccc(F)cc3)c1CC[C@@H](O)C[C@@H](O)CC(=O)O)CCCc1ccccc1-2. The summed E-state index contributed by atoms with van der Waals surface area (Å²) in [6.45, 7) is 4.20. The van der Waals surface area contributed by atoms with Gasteiger partial charge in [0, 0.05) is 11.3 Å². The first kappa shape index (κ1) is 26.0. The normalized spacial score (nSPS) is 14.6. The lowest BCUT2D eigenvalue weighted by atomic mass is 9.84. The van der Waals surface area contributed by atoms with E-state index in [4.69, 9.17) is 10.1 Å². The first-order valence-electron chi connectivity index (χ1n) is 12.7. The van der Waals surface area contributed by atoms with Gasteiger partial charge in [0.15, 0.2) is 0 Å². The summed E-state index contributed by atoms with van der Waals surface area (Å²) in [5.74, 6) is -1.27. The number of carboxylic acid groups (broad SMARTS) is 1. The van der Waals surface area contributed by atoms with Gasteiger partial charge in [-0.2, -0.15) is 0 Å². The molecular formula is C30H34FNO4. The molecule has 190 valence electrons. The van der Waals surface area contributed by atoms with E-state index >= 15 is 0 Å². The van der Waals surface area contributed by atoms with Gasteiger partial charge in [-0.3, -0.25) is 9.78 Å². The minimum absolute atomic E-state index is 0.000931. The van der Waals surface area contributed by atoms with E-state index < -0.39 is 24.6 Å². The van der Waals surface area contributed by atoms with Crippen molar-refractivity contribution in [3.05, 3.63) is 76.7 Å². The Bertz CT molecular complexity index is 1220. The van der Waals surface area contributed by atoms with Crippen LogP contribution in [0.25, 0.3) is 22.4 Å². The predicted octanol–water partition coefficient (Wildman–Crippen LogP) is 5.69. The van der Waals surface area contributed by atoms with Gasteiger partial charge in [0.2, 0.25) is 0 Å². The zero-order valence-corrected chi connectivity index (χ0v) is 20.9. The molecule has 3 N–H and O–H groups in total. The second kappa shape index (κ2) is 11.3. The molecule has 6 heteroatoms. The molecule has 0 saturated carbocycles. The van der Waals surface area contributed by atoms with E-state index in [-0.39, 0.29) is 18.2 Å². The number of carboxylic acids is 1. The number of aryl methyl sites for hydroxylation is 1. The van der Waals surface area contributed by atoms with Crippen molar-refractivity contribution in [2.24, 2.45) is 0 Å². The fourth-order valence-electron chi connectivity index (χ4n) is 5.30. The predicted molar refractivity (Wildman–Crippen MR) is 138 cm³/mol. The van der Waals surface area contributed by atoms with Crippen LogP contribution in [0.2, 0.25) is 0 Å². The van der Waals surface area contributed by atoms with Gasteiger partial charge in [-0.1, -0.05) is 50.2 Å². The number of aromatic nitrogens is 1. The molecule has 0 spiro atoms. The maximum atomic E-state index is 13.9. The van der Waals surface area contributed by atoms with Crippen LogP contribution in [0.1, 0.15) is 67.8 Å². The minimum atomic E-state index is -1.10. The fraction of sp³-hybridized carbons (Fsp3) is 0.400. The second-order valence-corrected chi connectivity index (χ2v) is 10.0. The van der Waals surface area contributed by atoms with E-state index in [0.29, 0.717) is 12.8 Å². The van der Waals surface area contributed by atoms with Crippen molar-refractivity contribution >= 4 is 5.97 Å². The highest BCUT2D eigenvalue weighted by Crippen LogP contribution is 2.42. The average molecular weight is 492 g/mol. The topological polar surface area (TPSA) is 90.7 Å². The van der Waals surface area contributed by atoms with Crippen LogP contribution in [0, 0.1) is 5.82 Å². The number of hydrogen-bond donors (Lipinski definition) is 3. The van der Waals surface area contributed by atoms with Gasteiger partial charge in [-0.15, -0.1) is 0 Å². The van der Waals surface area contributed by atoms with E-state index in [0.717, 1.165) is 58.5 Å². The molecule has 3 aromatic rings. The Kier molecular flexibility index (Phi) is 8.17. The summed E-state index contributed by atoms with van der Waals surface area (Å²) >= 11 is 0. The molecule has 1 aliphatic carbocycles. The van der Waals surface area contributed by atoms with E-state index in [1.807, 2.05) is 18.2 Å². The number of benzene rings is 2. The van der Waals surface area contributed by atoms with E-state index in [1.165, 1.54) is 17.7 Å². The monoisotopic (exact) mass is 491 g/mol. The molecule has 36 heavy (non-hydrogen) atoms. The first-order valence-corrected chi connectivity index (χ1v) is 12.7. The van der Waals surface area contributed by atoms with Crippen LogP contribution >= 0.6 is 0 Å².